The molecule has 2 rings (SSSR count). The number of carbonyl (C=O) groups is 2. The Kier molecular flexibility index (Phi) is 3.42. The summed E-state index contributed by atoms with van der Waals surface area (Å²) in [6.45, 7) is 0. The normalized spacial score (nSPS) is 11.1. The zero-order valence-corrected chi connectivity index (χ0v) is 9.64. The zero-order chi connectivity index (χ0) is 13.3. The predicted molar refractivity (Wildman–Crippen MR) is 59.5 cm³/mol. The summed E-state index contributed by atoms with van der Waals surface area (Å²) in [4.78, 5) is 26.1. The molecule has 0 bridgehead atoms. The van der Waals surface area contributed by atoms with E-state index >= 15 is 0 Å². The SMILES string of the molecule is O=C(CC(=O)C(F)F)c1nc2cccc(F)c2s1. The van der Waals surface area contributed by atoms with Gasteiger partial charge in [0.25, 0.3) is 6.43 Å². The van der Waals surface area contributed by atoms with Crippen LogP contribution in [0, 0.1) is 5.82 Å². The number of Topliss-reactive ketones (excluding diaryl/α,β-unsaturated/α-hetero) is 2. The second kappa shape index (κ2) is 4.85. The lowest BCUT2D eigenvalue weighted by Crippen LogP contribution is -2.15. The first kappa shape index (κ1) is 12.7. The number of halogens is 3. The molecule has 0 radical (unpaired) electrons. The molecule has 7 heteroatoms. The van der Waals surface area contributed by atoms with Gasteiger partial charge in [-0.1, -0.05) is 6.07 Å². The van der Waals surface area contributed by atoms with Gasteiger partial charge in [-0.3, -0.25) is 9.59 Å². The van der Waals surface area contributed by atoms with E-state index in [1.165, 1.54) is 18.2 Å². The number of carbonyl (C=O) groups excluding carboxylic acids is 2. The monoisotopic (exact) mass is 273 g/mol. The van der Waals surface area contributed by atoms with Crippen LogP contribution in [0.5, 0.6) is 0 Å². The van der Waals surface area contributed by atoms with Crippen molar-refractivity contribution < 1.29 is 22.8 Å². The molecule has 0 unspecified atom stereocenters. The van der Waals surface area contributed by atoms with E-state index in [1.807, 2.05) is 0 Å². The predicted octanol–water partition coefficient (Wildman–Crippen LogP) is 2.84. The standard InChI is InChI=1S/C11H6F3NO2S/c12-5-2-1-3-6-9(5)18-11(15-6)8(17)4-7(16)10(13)14/h1-3,10H,4H2. The van der Waals surface area contributed by atoms with Gasteiger partial charge in [0.05, 0.1) is 16.6 Å². The molecular formula is C11H6F3NO2S. The smallest absolute Gasteiger partial charge is 0.293 e. The highest BCUT2D eigenvalue weighted by molar-refractivity contribution is 7.20. The van der Waals surface area contributed by atoms with Gasteiger partial charge in [0.1, 0.15) is 5.82 Å². The summed E-state index contributed by atoms with van der Waals surface area (Å²) in [5, 5.41) is -0.135. The Morgan fingerprint density at radius 1 is 1.33 bits per heavy atom. The van der Waals surface area contributed by atoms with Crippen molar-refractivity contribution in [2.45, 2.75) is 12.8 Å². The quantitative estimate of drug-likeness (QED) is 0.635. The lowest BCUT2D eigenvalue weighted by molar-refractivity contribution is -0.128. The maximum atomic E-state index is 13.3. The summed E-state index contributed by atoms with van der Waals surface area (Å²) in [5.74, 6) is -2.81. The maximum Gasteiger partial charge on any atom is 0.296 e. The Morgan fingerprint density at radius 3 is 2.67 bits per heavy atom. The van der Waals surface area contributed by atoms with Gasteiger partial charge in [-0.05, 0) is 12.1 Å². The Balaban J connectivity index is 2.29. The molecule has 0 saturated carbocycles. The number of thiazole rings is 1. The second-order valence-corrected chi connectivity index (χ2v) is 4.47. The lowest BCUT2D eigenvalue weighted by atomic mass is 10.2. The van der Waals surface area contributed by atoms with Crippen LogP contribution in [0.15, 0.2) is 18.2 Å². The van der Waals surface area contributed by atoms with E-state index in [0.717, 1.165) is 11.3 Å². The lowest BCUT2D eigenvalue weighted by Gasteiger charge is -1.95. The van der Waals surface area contributed by atoms with Crippen LogP contribution in [0.4, 0.5) is 13.2 Å². The van der Waals surface area contributed by atoms with Crippen molar-refractivity contribution in [1.82, 2.24) is 4.98 Å². The minimum Gasteiger partial charge on any atom is -0.293 e. The number of aromatic nitrogens is 1. The van der Waals surface area contributed by atoms with Gasteiger partial charge in [-0.2, -0.15) is 0 Å². The number of hydrogen-bond donors (Lipinski definition) is 0. The number of ketones is 2. The van der Waals surface area contributed by atoms with E-state index < -0.39 is 30.2 Å². The van der Waals surface area contributed by atoms with Crippen LogP contribution in [-0.4, -0.2) is 23.0 Å². The Hall–Kier alpha value is -1.76. The third-order valence-corrected chi connectivity index (χ3v) is 3.30. The Morgan fingerprint density at radius 2 is 2.06 bits per heavy atom. The van der Waals surface area contributed by atoms with Crippen molar-refractivity contribution in [2.75, 3.05) is 0 Å². The number of alkyl halides is 2. The van der Waals surface area contributed by atoms with Crippen molar-refractivity contribution in [3.8, 4) is 0 Å². The van der Waals surface area contributed by atoms with Gasteiger partial charge < -0.3 is 0 Å². The number of hydrogen-bond acceptors (Lipinski definition) is 4. The van der Waals surface area contributed by atoms with E-state index in [0.29, 0.717) is 0 Å². The highest BCUT2D eigenvalue weighted by Crippen LogP contribution is 2.25. The molecule has 18 heavy (non-hydrogen) atoms. The molecule has 0 spiro atoms. The first-order valence-electron chi connectivity index (χ1n) is 4.88. The molecule has 0 saturated heterocycles. The number of nitrogens with zero attached hydrogens (tertiary/aromatic N) is 1. The molecular weight excluding hydrogens is 267 g/mol. The summed E-state index contributed by atoms with van der Waals surface area (Å²) in [6, 6.07) is 4.13. The fraction of sp³-hybridized carbons (Fsp3) is 0.182. The molecule has 1 aromatic heterocycles. The molecule has 0 N–H and O–H groups in total. The van der Waals surface area contributed by atoms with Gasteiger partial charge in [0.2, 0.25) is 5.78 Å². The molecule has 0 atom stereocenters. The minimum absolute atomic E-state index is 0.135. The first-order valence-corrected chi connectivity index (χ1v) is 5.70. The summed E-state index contributed by atoms with van der Waals surface area (Å²) in [7, 11) is 0. The minimum atomic E-state index is -3.18. The van der Waals surface area contributed by atoms with E-state index in [-0.39, 0.29) is 15.2 Å². The van der Waals surface area contributed by atoms with Crippen LogP contribution < -0.4 is 0 Å². The van der Waals surface area contributed by atoms with Crippen molar-refractivity contribution in [2.24, 2.45) is 0 Å². The van der Waals surface area contributed by atoms with Crippen LogP contribution in [0.3, 0.4) is 0 Å². The Bertz CT molecular complexity index is 624. The van der Waals surface area contributed by atoms with E-state index in [4.69, 9.17) is 0 Å². The molecule has 1 heterocycles. The molecule has 0 aliphatic heterocycles. The highest BCUT2D eigenvalue weighted by atomic mass is 32.1. The molecule has 0 aliphatic rings. The third kappa shape index (κ3) is 2.40. The van der Waals surface area contributed by atoms with E-state index in [1.54, 1.807) is 0 Å². The number of rotatable bonds is 4. The van der Waals surface area contributed by atoms with E-state index in [9.17, 15) is 22.8 Å². The van der Waals surface area contributed by atoms with Gasteiger partial charge >= 0.3 is 0 Å². The molecule has 0 aliphatic carbocycles. The van der Waals surface area contributed by atoms with Crippen LogP contribution >= 0.6 is 11.3 Å². The summed E-state index contributed by atoms with van der Waals surface area (Å²) in [5.41, 5.74) is 0.271. The second-order valence-electron chi connectivity index (χ2n) is 3.47. The maximum absolute atomic E-state index is 13.3. The molecule has 94 valence electrons. The van der Waals surface area contributed by atoms with Crippen molar-refractivity contribution in [1.29, 1.82) is 0 Å². The Labute approximate surface area is 103 Å². The van der Waals surface area contributed by atoms with E-state index in [2.05, 4.69) is 4.98 Å². The average molecular weight is 273 g/mol. The fourth-order valence-electron chi connectivity index (χ4n) is 1.35. The molecule has 3 nitrogen and oxygen atoms in total. The van der Waals surface area contributed by atoms with Gasteiger partial charge in [-0.25, -0.2) is 18.2 Å². The average Bonchev–Trinajstić information content (AvgIpc) is 2.74. The topological polar surface area (TPSA) is 47.0 Å². The first-order chi connectivity index (χ1) is 8.49. The van der Waals surface area contributed by atoms with Crippen LogP contribution in [0.1, 0.15) is 16.2 Å². The number of benzene rings is 1. The number of fused-ring (bicyclic) bond motifs is 1. The summed E-state index contributed by atoms with van der Waals surface area (Å²) >= 11 is 0.753. The fourth-order valence-corrected chi connectivity index (χ4v) is 2.25. The van der Waals surface area contributed by atoms with Crippen LogP contribution in [0.2, 0.25) is 0 Å². The molecule has 0 fully saturated rings. The van der Waals surface area contributed by atoms with Crippen molar-refractivity contribution in [3.63, 3.8) is 0 Å². The summed E-state index contributed by atoms with van der Waals surface area (Å²) in [6.07, 6.45) is -4.10. The van der Waals surface area contributed by atoms with Gasteiger partial charge in [0, 0.05) is 0 Å². The zero-order valence-electron chi connectivity index (χ0n) is 8.82. The largest absolute Gasteiger partial charge is 0.296 e. The van der Waals surface area contributed by atoms with Gasteiger partial charge in [-0.15, -0.1) is 11.3 Å². The molecule has 0 amide bonds. The summed E-state index contributed by atoms with van der Waals surface area (Å²) < 4.78 is 37.5. The molecule has 2 aromatic rings. The molecule has 1 aromatic carbocycles. The highest BCUT2D eigenvalue weighted by Gasteiger charge is 2.22. The van der Waals surface area contributed by atoms with Crippen molar-refractivity contribution >= 4 is 33.1 Å². The van der Waals surface area contributed by atoms with Crippen LogP contribution in [0.25, 0.3) is 10.2 Å². The van der Waals surface area contributed by atoms with Crippen LogP contribution in [-0.2, 0) is 4.79 Å². The van der Waals surface area contributed by atoms with Gasteiger partial charge in [0.15, 0.2) is 10.8 Å². The van der Waals surface area contributed by atoms with Crippen molar-refractivity contribution in [3.05, 3.63) is 29.0 Å². The third-order valence-electron chi connectivity index (χ3n) is 2.18.